The molecule has 2 saturated heterocycles. The number of amides is 1. The second-order valence-corrected chi connectivity index (χ2v) is 7.45. The topological polar surface area (TPSA) is 81.8 Å². The Morgan fingerprint density at radius 2 is 1.86 bits per heavy atom. The first-order valence-electron chi connectivity index (χ1n) is 9.93. The number of aromatic nitrogens is 2. The van der Waals surface area contributed by atoms with Crippen molar-refractivity contribution in [2.24, 2.45) is 0 Å². The Labute approximate surface area is 164 Å². The molecule has 0 radical (unpaired) electrons. The van der Waals surface area contributed by atoms with Crippen molar-refractivity contribution in [2.75, 3.05) is 59.0 Å². The highest BCUT2D eigenvalue weighted by Crippen LogP contribution is 2.19. The van der Waals surface area contributed by atoms with Crippen molar-refractivity contribution in [3.63, 3.8) is 0 Å². The van der Waals surface area contributed by atoms with E-state index in [2.05, 4.69) is 26.7 Å². The number of nitrogens with one attached hydrogen (secondary N) is 1. The number of rotatable bonds is 4. The molecule has 0 saturated carbocycles. The van der Waals surface area contributed by atoms with Gasteiger partial charge in [0.25, 0.3) is 5.56 Å². The maximum Gasteiger partial charge on any atom is 0.258 e. The highest BCUT2D eigenvalue weighted by molar-refractivity contribution is 5.78. The standard InChI is InChI=1S/C20H27N5O3/c1-15(19-21-17-5-3-2-4-16(17)20(27)22-19)24-6-8-25(9-7-24)18(26)14-23-10-12-28-13-11-23/h2-5,15H,6-14H2,1H3,(H,21,22,27). The average molecular weight is 385 g/mol. The molecule has 4 rings (SSSR count). The summed E-state index contributed by atoms with van der Waals surface area (Å²) in [7, 11) is 0. The molecule has 1 aromatic heterocycles. The van der Waals surface area contributed by atoms with Gasteiger partial charge in [-0.3, -0.25) is 19.4 Å². The number of fused-ring (bicyclic) bond motifs is 1. The molecule has 150 valence electrons. The summed E-state index contributed by atoms with van der Waals surface area (Å²) in [5, 5.41) is 0.608. The summed E-state index contributed by atoms with van der Waals surface area (Å²) >= 11 is 0. The lowest BCUT2D eigenvalue weighted by Crippen LogP contribution is -2.52. The summed E-state index contributed by atoms with van der Waals surface area (Å²) in [6, 6.07) is 7.38. The van der Waals surface area contributed by atoms with Crippen LogP contribution in [0.25, 0.3) is 10.9 Å². The van der Waals surface area contributed by atoms with Crippen molar-refractivity contribution in [1.29, 1.82) is 0 Å². The zero-order valence-corrected chi connectivity index (χ0v) is 16.3. The second-order valence-electron chi connectivity index (χ2n) is 7.45. The number of hydrogen-bond donors (Lipinski definition) is 1. The van der Waals surface area contributed by atoms with E-state index in [1.54, 1.807) is 6.07 Å². The van der Waals surface area contributed by atoms with Gasteiger partial charge in [0.1, 0.15) is 5.82 Å². The van der Waals surface area contributed by atoms with Gasteiger partial charge in [0.15, 0.2) is 0 Å². The van der Waals surface area contributed by atoms with Gasteiger partial charge in [0.05, 0.1) is 36.7 Å². The van der Waals surface area contributed by atoms with E-state index in [9.17, 15) is 9.59 Å². The van der Waals surface area contributed by atoms with E-state index in [1.807, 2.05) is 23.1 Å². The smallest absolute Gasteiger partial charge is 0.258 e. The van der Waals surface area contributed by atoms with Gasteiger partial charge in [-0.1, -0.05) is 12.1 Å². The molecule has 2 aliphatic heterocycles. The van der Waals surface area contributed by atoms with Crippen LogP contribution in [0.1, 0.15) is 18.8 Å². The Morgan fingerprint density at radius 1 is 1.14 bits per heavy atom. The van der Waals surface area contributed by atoms with Crippen LogP contribution in [0.3, 0.4) is 0 Å². The van der Waals surface area contributed by atoms with Crippen LogP contribution in [0.15, 0.2) is 29.1 Å². The summed E-state index contributed by atoms with van der Waals surface area (Å²) in [5.74, 6) is 0.864. The molecule has 1 N–H and O–H groups in total. The molecular weight excluding hydrogens is 358 g/mol. The summed E-state index contributed by atoms with van der Waals surface area (Å²) < 4.78 is 5.34. The fourth-order valence-corrected chi connectivity index (χ4v) is 3.88. The van der Waals surface area contributed by atoms with E-state index in [4.69, 9.17) is 4.74 Å². The maximum atomic E-state index is 12.6. The summed E-state index contributed by atoms with van der Waals surface area (Å²) in [6.07, 6.45) is 0. The van der Waals surface area contributed by atoms with Crippen molar-refractivity contribution in [3.05, 3.63) is 40.4 Å². The van der Waals surface area contributed by atoms with Crippen molar-refractivity contribution in [3.8, 4) is 0 Å². The third-order valence-corrected chi connectivity index (χ3v) is 5.70. The van der Waals surface area contributed by atoms with Crippen molar-refractivity contribution in [1.82, 2.24) is 24.7 Å². The van der Waals surface area contributed by atoms with E-state index in [-0.39, 0.29) is 17.5 Å². The third kappa shape index (κ3) is 4.09. The largest absolute Gasteiger partial charge is 0.379 e. The first-order valence-corrected chi connectivity index (χ1v) is 9.93. The second kappa shape index (κ2) is 8.38. The van der Waals surface area contributed by atoms with E-state index < -0.39 is 0 Å². The monoisotopic (exact) mass is 385 g/mol. The minimum absolute atomic E-state index is 0.00574. The number of morpholine rings is 1. The summed E-state index contributed by atoms with van der Waals surface area (Å²) in [5.41, 5.74) is 0.610. The van der Waals surface area contributed by atoms with Gasteiger partial charge < -0.3 is 14.6 Å². The molecule has 8 nitrogen and oxygen atoms in total. The van der Waals surface area contributed by atoms with Crippen LogP contribution >= 0.6 is 0 Å². The molecule has 0 aliphatic carbocycles. The van der Waals surface area contributed by atoms with Gasteiger partial charge in [-0.05, 0) is 19.1 Å². The summed E-state index contributed by atoms with van der Waals surface area (Å²) in [4.78, 5) is 38.8. The van der Waals surface area contributed by atoms with Gasteiger partial charge >= 0.3 is 0 Å². The zero-order valence-electron chi connectivity index (χ0n) is 16.3. The predicted molar refractivity (Wildman–Crippen MR) is 106 cm³/mol. The molecule has 3 heterocycles. The Hall–Kier alpha value is -2.29. The minimum atomic E-state index is -0.105. The summed E-state index contributed by atoms with van der Waals surface area (Å²) in [6.45, 7) is 8.52. The molecule has 1 atom stereocenters. The third-order valence-electron chi connectivity index (χ3n) is 5.70. The number of carbonyl (C=O) groups excluding carboxylic acids is 1. The molecule has 8 heteroatoms. The number of piperazine rings is 1. The molecule has 2 aromatic rings. The lowest BCUT2D eigenvalue weighted by Gasteiger charge is -2.38. The molecule has 28 heavy (non-hydrogen) atoms. The fraction of sp³-hybridized carbons (Fsp3) is 0.550. The fourth-order valence-electron chi connectivity index (χ4n) is 3.88. The SMILES string of the molecule is CC(c1nc2ccccc2c(=O)[nH]1)N1CCN(C(=O)CN2CCOCC2)CC1. The Kier molecular flexibility index (Phi) is 5.70. The van der Waals surface area contributed by atoms with E-state index in [0.717, 1.165) is 26.2 Å². The lowest BCUT2D eigenvalue weighted by atomic mass is 10.2. The molecule has 2 fully saturated rings. The maximum absolute atomic E-state index is 12.6. The molecule has 2 aliphatic rings. The lowest BCUT2D eigenvalue weighted by molar-refractivity contribution is -0.135. The van der Waals surface area contributed by atoms with Crippen LogP contribution in [0.5, 0.6) is 0 Å². The number of aromatic amines is 1. The van der Waals surface area contributed by atoms with Crippen LogP contribution < -0.4 is 5.56 Å². The first-order chi connectivity index (χ1) is 13.6. The van der Waals surface area contributed by atoms with Crippen molar-refractivity contribution < 1.29 is 9.53 Å². The first kappa shape index (κ1) is 19.0. The minimum Gasteiger partial charge on any atom is -0.379 e. The molecule has 0 bridgehead atoms. The van der Waals surface area contributed by atoms with Crippen LogP contribution in [-0.4, -0.2) is 89.6 Å². The van der Waals surface area contributed by atoms with Gasteiger partial charge in [0, 0.05) is 39.3 Å². The van der Waals surface area contributed by atoms with Crippen LogP contribution in [-0.2, 0) is 9.53 Å². The normalized spacial score (nSPS) is 20.4. The average Bonchev–Trinajstić information content (AvgIpc) is 2.74. The Bertz CT molecular complexity index is 885. The van der Waals surface area contributed by atoms with E-state index in [1.165, 1.54) is 0 Å². The van der Waals surface area contributed by atoms with Crippen molar-refractivity contribution >= 4 is 16.8 Å². The highest BCUT2D eigenvalue weighted by Gasteiger charge is 2.27. The quantitative estimate of drug-likeness (QED) is 0.824. The van der Waals surface area contributed by atoms with Crippen LogP contribution in [0.2, 0.25) is 0 Å². The van der Waals surface area contributed by atoms with Crippen LogP contribution in [0, 0.1) is 0 Å². The number of hydrogen-bond acceptors (Lipinski definition) is 6. The predicted octanol–water partition coefficient (Wildman–Crippen LogP) is 0.461. The van der Waals surface area contributed by atoms with E-state index in [0.29, 0.717) is 49.6 Å². The van der Waals surface area contributed by atoms with E-state index >= 15 is 0 Å². The number of H-pyrrole nitrogens is 1. The molecule has 1 aromatic carbocycles. The van der Waals surface area contributed by atoms with Gasteiger partial charge in [-0.25, -0.2) is 4.98 Å². The molecular formula is C20H27N5O3. The van der Waals surface area contributed by atoms with Crippen molar-refractivity contribution in [2.45, 2.75) is 13.0 Å². The Balaban J connectivity index is 1.37. The number of benzene rings is 1. The zero-order chi connectivity index (χ0) is 19.5. The van der Waals surface area contributed by atoms with Gasteiger partial charge in [0.2, 0.25) is 5.91 Å². The number of nitrogens with zero attached hydrogens (tertiary/aromatic N) is 4. The number of para-hydroxylation sites is 1. The molecule has 0 spiro atoms. The Morgan fingerprint density at radius 3 is 2.61 bits per heavy atom. The number of ether oxygens (including phenoxy) is 1. The highest BCUT2D eigenvalue weighted by atomic mass is 16.5. The molecule has 1 unspecified atom stereocenters. The van der Waals surface area contributed by atoms with Gasteiger partial charge in [-0.2, -0.15) is 0 Å². The number of carbonyl (C=O) groups is 1. The van der Waals surface area contributed by atoms with Gasteiger partial charge in [-0.15, -0.1) is 0 Å². The van der Waals surface area contributed by atoms with Crippen LogP contribution in [0.4, 0.5) is 0 Å². The molecule has 1 amide bonds.